The van der Waals surface area contributed by atoms with Gasteiger partial charge in [-0.25, -0.2) is 0 Å². The second-order valence-corrected chi connectivity index (χ2v) is 9.65. The average Bonchev–Trinajstić information content (AvgIpc) is 2.79. The largest absolute Gasteiger partial charge is 0.484 e. The normalized spacial score (nSPS) is 15.1. The van der Waals surface area contributed by atoms with E-state index in [0.717, 1.165) is 42.4 Å². The fraction of sp³-hybridized carbons (Fsp3) is 0.462. The van der Waals surface area contributed by atoms with Gasteiger partial charge < -0.3 is 15.0 Å². The van der Waals surface area contributed by atoms with Gasteiger partial charge in [-0.1, -0.05) is 54.6 Å². The van der Waals surface area contributed by atoms with Gasteiger partial charge in [0.05, 0.1) is 0 Å². The van der Waals surface area contributed by atoms with E-state index in [1.54, 1.807) is 24.0 Å². The maximum Gasteiger partial charge on any atom is 0.261 e. The van der Waals surface area contributed by atoms with Crippen molar-refractivity contribution < 1.29 is 14.3 Å². The van der Waals surface area contributed by atoms with Gasteiger partial charge in [-0.15, -0.1) is 0 Å². The van der Waals surface area contributed by atoms with Crippen molar-refractivity contribution in [3.63, 3.8) is 0 Å². The Morgan fingerprint density at radius 2 is 1.76 bits per heavy atom. The number of halogens is 2. The number of hydrogen-bond donors (Lipinski definition) is 1. The number of carbonyl (C=O) groups excluding carboxylic acids is 2. The van der Waals surface area contributed by atoms with Crippen molar-refractivity contribution in [2.75, 3.05) is 6.61 Å². The third kappa shape index (κ3) is 7.12. The molecule has 0 aromatic heterocycles. The number of carbonyl (C=O) groups is 2. The Labute approximate surface area is 206 Å². The molecule has 178 valence electrons. The molecular formula is C26H32Cl2N2O3. The molecule has 1 aliphatic rings. The molecule has 1 saturated carbocycles. The molecule has 5 nitrogen and oxygen atoms in total. The fourth-order valence-corrected chi connectivity index (χ4v) is 4.52. The highest BCUT2D eigenvalue weighted by Gasteiger charge is 2.28. The van der Waals surface area contributed by atoms with Gasteiger partial charge >= 0.3 is 0 Å². The molecular weight excluding hydrogens is 459 g/mol. The number of amides is 2. The average molecular weight is 491 g/mol. The van der Waals surface area contributed by atoms with Gasteiger partial charge in [-0.3, -0.25) is 9.59 Å². The molecule has 2 aromatic rings. The van der Waals surface area contributed by atoms with Crippen molar-refractivity contribution in [1.29, 1.82) is 0 Å². The third-order valence-electron chi connectivity index (χ3n) is 6.13. The van der Waals surface area contributed by atoms with Gasteiger partial charge in [0.25, 0.3) is 5.91 Å². The molecule has 2 amide bonds. The first kappa shape index (κ1) is 25.4. The summed E-state index contributed by atoms with van der Waals surface area (Å²) < 4.78 is 5.80. The minimum Gasteiger partial charge on any atom is -0.484 e. The van der Waals surface area contributed by atoms with Crippen LogP contribution in [0.1, 0.15) is 55.7 Å². The minimum absolute atomic E-state index is 0.143. The van der Waals surface area contributed by atoms with Crippen molar-refractivity contribution >= 4 is 35.0 Å². The zero-order chi connectivity index (χ0) is 24.0. The Balaban J connectivity index is 1.73. The van der Waals surface area contributed by atoms with Crippen LogP contribution in [0.25, 0.3) is 0 Å². The summed E-state index contributed by atoms with van der Waals surface area (Å²) in [6, 6.07) is 10.5. The molecule has 0 bridgehead atoms. The lowest BCUT2D eigenvalue weighted by atomic mass is 9.95. The smallest absolute Gasteiger partial charge is 0.261 e. The summed E-state index contributed by atoms with van der Waals surface area (Å²) in [5.41, 5.74) is 2.62. The van der Waals surface area contributed by atoms with Crippen LogP contribution in [0.2, 0.25) is 10.0 Å². The van der Waals surface area contributed by atoms with Crippen molar-refractivity contribution in [2.45, 2.75) is 71.5 Å². The Hall–Kier alpha value is -2.24. The number of aryl methyl sites for hydroxylation is 2. The van der Waals surface area contributed by atoms with Crippen LogP contribution in [0.3, 0.4) is 0 Å². The predicted molar refractivity (Wildman–Crippen MR) is 133 cm³/mol. The van der Waals surface area contributed by atoms with Gasteiger partial charge in [0, 0.05) is 22.6 Å². The molecule has 0 spiro atoms. The summed E-state index contributed by atoms with van der Waals surface area (Å²) >= 11 is 12.4. The Morgan fingerprint density at radius 3 is 2.39 bits per heavy atom. The Morgan fingerprint density at radius 1 is 1.09 bits per heavy atom. The number of hydrogen-bond acceptors (Lipinski definition) is 3. The number of benzene rings is 2. The lowest BCUT2D eigenvalue weighted by molar-refractivity contribution is -0.142. The van der Waals surface area contributed by atoms with E-state index in [0.29, 0.717) is 15.8 Å². The molecule has 7 heteroatoms. The van der Waals surface area contributed by atoms with E-state index in [1.165, 1.54) is 6.42 Å². The highest BCUT2D eigenvalue weighted by atomic mass is 35.5. The van der Waals surface area contributed by atoms with E-state index in [4.69, 9.17) is 27.9 Å². The van der Waals surface area contributed by atoms with Crippen LogP contribution in [0, 0.1) is 13.8 Å². The molecule has 33 heavy (non-hydrogen) atoms. The minimum atomic E-state index is -0.643. The summed E-state index contributed by atoms with van der Waals surface area (Å²) in [6.07, 6.45) is 5.43. The molecule has 2 aromatic carbocycles. The van der Waals surface area contributed by atoms with Crippen LogP contribution in [0.15, 0.2) is 36.4 Å². The van der Waals surface area contributed by atoms with Crippen LogP contribution >= 0.6 is 23.2 Å². The Bertz CT molecular complexity index is 966. The van der Waals surface area contributed by atoms with E-state index >= 15 is 0 Å². The van der Waals surface area contributed by atoms with Gasteiger partial charge in [0.1, 0.15) is 11.8 Å². The van der Waals surface area contributed by atoms with Crippen molar-refractivity contribution in [3.05, 3.63) is 63.1 Å². The maximum atomic E-state index is 13.2. The summed E-state index contributed by atoms with van der Waals surface area (Å²) in [5, 5.41) is 4.40. The second-order valence-electron chi connectivity index (χ2n) is 8.83. The molecule has 1 N–H and O–H groups in total. The summed E-state index contributed by atoms with van der Waals surface area (Å²) in [4.78, 5) is 27.8. The number of nitrogens with one attached hydrogen (secondary N) is 1. The van der Waals surface area contributed by atoms with Crippen molar-refractivity contribution in [2.24, 2.45) is 0 Å². The van der Waals surface area contributed by atoms with E-state index in [-0.39, 0.29) is 31.0 Å². The first-order valence-corrected chi connectivity index (χ1v) is 12.2. The molecule has 0 heterocycles. The highest BCUT2D eigenvalue weighted by Crippen LogP contribution is 2.26. The van der Waals surface area contributed by atoms with E-state index < -0.39 is 6.04 Å². The molecule has 0 saturated heterocycles. The molecule has 1 aliphatic carbocycles. The SMILES string of the molecule is Cc1cc(OCC(=O)N(Cc2cccc(Cl)c2)[C@@H](C)C(=O)NC2CCCCC2)cc(C)c1Cl. The van der Waals surface area contributed by atoms with Crippen molar-refractivity contribution in [3.8, 4) is 5.75 Å². The number of ether oxygens (including phenoxy) is 1. The van der Waals surface area contributed by atoms with Crippen LogP contribution < -0.4 is 10.1 Å². The molecule has 0 aliphatic heterocycles. The number of nitrogens with zero attached hydrogens (tertiary/aromatic N) is 1. The predicted octanol–water partition coefficient (Wildman–Crippen LogP) is 5.86. The molecule has 3 rings (SSSR count). The van der Waals surface area contributed by atoms with Crippen LogP contribution in [0.4, 0.5) is 0 Å². The molecule has 0 radical (unpaired) electrons. The van der Waals surface area contributed by atoms with E-state index in [9.17, 15) is 9.59 Å². The molecule has 0 unspecified atom stereocenters. The lowest BCUT2D eigenvalue weighted by Crippen LogP contribution is -2.51. The third-order valence-corrected chi connectivity index (χ3v) is 6.96. The van der Waals surface area contributed by atoms with Gasteiger partial charge in [-0.2, -0.15) is 0 Å². The standard InChI is InChI=1S/C26H32Cl2N2O3/c1-17-12-23(13-18(2)25(17)28)33-16-24(31)30(15-20-8-7-9-21(27)14-20)19(3)26(32)29-22-10-5-4-6-11-22/h7-9,12-14,19,22H,4-6,10-11,15-16H2,1-3H3,(H,29,32)/t19-/m0/s1. The highest BCUT2D eigenvalue weighted by molar-refractivity contribution is 6.32. The first-order chi connectivity index (χ1) is 15.7. The summed E-state index contributed by atoms with van der Waals surface area (Å²) in [6.45, 7) is 5.64. The quantitative estimate of drug-likeness (QED) is 0.504. The Kier molecular flexibility index (Phi) is 9.04. The number of rotatable bonds is 8. The van der Waals surface area contributed by atoms with Crippen molar-refractivity contribution in [1.82, 2.24) is 10.2 Å². The van der Waals surface area contributed by atoms with Crippen LogP contribution in [-0.4, -0.2) is 35.4 Å². The van der Waals surface area contributed by atoms with Gasteiger partial charge in [-0.05, 0) is 74.6 Å². The van der Waals surface area contributed by atoms with Crippen LogP contribution in [-0.2, 0) is 16.1 Å². The van der Waals surface area contributed by atoms with Crippen LogP contribution in [0.5, 0.6) is 5.75 Å². The monoisotopic (exact) mass is 490 g/mol. The molecule has 1 atom stereocenters. The van der Waals surface area contributed by atoms with E-state index in [1.807, 2.05) is 38.1 Å². The first-order valence-electron chi connectivity index (χ1n) is 11.5. The lowest BCUT2D eigenvalue weighted by Gasteiger charge is -2.31. The second kappa shape index (κ2) is 11.8. The van der Waals surface area contributed by atoms with Gasteiger partial charge in [0.15, 0.2) is 6.61 Å². The maximum absolute atomic E-state index is 13.2. The zero-order valence-electron chi connectivity index (χ0n) is 19.5. The summed E-state index contributed by atoms with van der Waals surface area (Å²) in [7, 11) is 0. The van der Waals surface area contributed by atoms with Gasteiger partial charge in [0.2, 0.25) is 5.91 Å². The summed E-state index contributed by atoms with van der Waals surface area (Å²) in [5.74, 6) is 0.159. The zero-order valence-corrected chi connectivity index (χ0v) is 21.0. The molecule has 1 fully saturated rings. The topological polar surface area (TPSA) is 58.6 Å². The van der Waals surface area contributed by atoms with E-state index in [2.05, 4.69) is 5.32 Å². The fourth-order valence-electron chi connectivity index (χ4n) is 4.20.